The predicted molar refractivity (Wildman–Crippen MR) is 99.4 cm³/mol. The SMILES string of the molecule is CCO[Si](CCCCCCNCCCC(C)=N)(OCC)OCC. The van der Waals surface area contributed by atoms with Crippen LogP contribution in [-0.2, 0) is 13.3 Å². The van der Waals surface area contributed by atoms with Crippen molar-refractivity contribution in [2.24, 2.45) is 0 Å². The second kappa shape index (κ2) is 15.3. The topological polar surface area (TPSA) is 63.6 Å². The summed E-state index contributed by atoms with van der Waals surface area (Å²) in [5.74, 6) is 0. The number of rotatable bonds is 17. The second-order valence-electron chi connectivity index (χ2n) is 5.78. The van der Waals surface area contributed by atoms with Crippen molar-refractivity contribution in [3.05, 3.63) is 0 Å². The Kier molecular flexibility index (Phi) is 15.1. The number of hydrogen-bond acceptors (Lipinski definition) is 5. The van der Waals surface area contributed by atoms with Gasteiger partial charge in [-0.25, -0.2) is 0 Å². The maximum Gasteiger partial charge on any atom is 0.500 e. The summed E-state index contributed by atoms with van der Waals surface area (Å²) in [6.45, 7) is 12.0. The summed E-state index contributed by atoms with van der Waals surface area (Å²) >= 11 is 0. The van der Waals surface area contributed by atoms with Crippen molar-refractivity contribution in [1.29, 1.82) is 5.41 Å². The monoisotopic (exact) mass is 346 g/mol. The van der Waals surface area contributed by atoms with Crippen molar-refractivity contribution in [2.75, 3.05) is 32.9 Å². The van der Waals surface area contributed by atoms with Crippen LogP contribution in [-0.4, -0.2) is 47.4 Å². The van der Waals surface area contributed by atoms with E-state index in [-0.39, 0.29) is 0 Å². The van der Waals surface area contributed by atoms with Crippen LogP contribution in [0.5, 0.6) is 0 Å². The molecule has 0 aromatic rings. The minimum absolute atomic E-state index is 0.658. The molecule has 0 spiro atoms. The average Bonchev–Trinajstić information content (AvgIpc) is 2.49. The highest BCUT2D eigenvalue weighted by molar-refractivity contribution is 6.60. The fourth-order valence-electron chi connectivity index (χ4n) is 2.55. The quantitative estimate of drug-likeness (QED) is 0.237. The lowest BCUT2D eigenvalue weighted by Gasteiger charge is -2.28. The number of unbranched alkanes of at least 4 members (excludes halogenated alkanes) is 3. The van der Waals surface area contributed by atoms with Crippen LogP contribution in [0.4, 0.5) is 0 Å². The molecule has 0 aliphatic heterocycles. The van der Waals surface area contributed by atoms with Crippen molar-refractivity contribution >= 4 is 14.5 Å². The molecule has 23 heavy (non-hydrogen) atoms. The largest absolute Gasteiger partial charge is 0.500 e. The molecule has 0 aliphatic rings. The third kappa shape index (κ3) is 12.8. The molecule has 0 aliphatic carbocycles. The fourth-order valence-corrected chi connectivity index (χ4v) is 5.24. The zero-order valence-corrected chi connectivity index (χ0v) is 16.7. The van der Waals surface area contributed by atoms with Gasteiger partial charge in [0.1, 0.15) is 0 Å². The van der Waals surface area contributed by atoms with Crippen molar-refractivity contribution in [3.63, 3.8) is 0 Å². The highest BCUT2D eigenvalue weighted by Crippen LogP contribution is 2.20. The van der Waals surface area contributed by atoms with Gasteiger partial charge < -0.3 is 24.0 Å². The van der Waals surface area contributed by atoms with E-state index in [0.717, 1.165) is 44.1 Å². The fraction of sp³-hybridized carbons (Fsp3) is 0.941. The lowest BCUT2D eigenvalue weighted by Crippen LogP contribution is -2.45. The Bertz CT molecular complexity index is 274. The Labute approximate surface area is 144 Å². The van der Waals surface area contributed by atoms with E-state index in [1.54, 1.807) is 0 Å². The van der Waals surface area contributed by atoms with Crippen LogP contribution in [0.3, 0.4) is 0 Å². The molecule has 5 nitrogen and oxygen atoms in total. The van der Waals surface area contributed by atoms with Crippen molar-refractivity contribution in [2.45, 2.75) is 72.3 Å². The van der Waals surface area contributed by atoms with Crippen LogP contribution in [0, 0.1) is 5.41 Å². The first-order valence-electron chi connectivity index (χ1n) is 9.26. The molecule has 0 atom stereocenters. The molecule has 0 rings (SSSR count). The normalized spacial score (nSPS) is 11.8. The lowest BCUT2D eigenvalue weighted by atomic mass is 10.2. The maximum atomic E-state index is 7.37. The highest BCUT2D eigenvalue weighted by atomic mass is 28.4. The molecule has 0 fully saturated rings. The van der Waals surface area contributed by atoms with E-state index in [9.17, 15) is 0 Å². The average molecular weight is 347 g/mol. The van der Waals surface area contributed by atoms with E-state index in [1.807, 2.05) is 27.7 Å². The van der Waals surface area contributed by atoms with Gasteiger partial charge in [-0.2, -0.15) is 0 Å². The Morgan fingerprint density at radius 1 is 0.826 bits per heavy atom. The molecule has 0 bridgehead atoms. The van der Waals surface area contributed by atoms with E-state index in [2.05, 4.69) is 5.32 Å². The zero-order chi connectivity index (χ0) is 17.4. The van der Waals surface area contributed by atoms with E-state index >= 15 is 0 Å². The smallest absolute Gasteiger partial charge is 0.374 e. The van der Waals surface area contributed by atoms with E-state index < -0.39 is 8.80 Å². The Morgan fingerprint density at radius 3 is 1.87 bits per heavy atom. The molecule has 6 heteroatoms. The molecule has 0 amide bonds. The van der Waals surface area contributed by atoms with Gasteiger partial charge in [0.05, 0.1) is 0 Å². The summed E-state index contributed by atoms with van der Waals surface area (Å²) in [7, 11) is -2.43. The number of hydrogen-bond donors (Lipinski definition) is 2. The first-order valence-corrected chi connectivity index (χ1v) is 11.2. The van der Waals surface area contributed by atoms with Crippen LogP contribution in [0.2, 0.25) is 6.04 Å². The lowest BCUT2D eigenvalue weighted by molar-refractivity contribution is 0.0706. The molecule has 0 aromatic carbocycles. The molecule has 0 heterocycles. The van der Waals surface area contributed by atoms with Crippen LogP contribution < -0.4 is 5.32 Å². The van der Waals surface area contributed by atoms with Gasteiger partial charge in [0, 0.05) is 31.6 Å². The summed E-state index contributed by atoms with van der Waals surface area (Å²) in [6.07, 6.45) is 6.72. The Morgan fingerprint density at radius 2 is 1.35 bits per heavy atom. The third-order valence-corrected chi connectivity index (χ3v) is 6.74. The van der Waals surface area contributed by atoms with Gasteiger partial charge in [0.2, 0.25) is 0 Å². The molecule has 0 saturated carbocycles. The van der Waals surface area contributed by atoms with Gasteiger partial charge in [-0.15, -0.1) is 0 Å². The van der Waals surface area contributed by atoms with Crippen LogP contribution >= 0.6 is 0 Å². The Balaban J connectivity index is 3.71. The van der Waals surface area contributed by atoms with Gasteiger partial charge in [-0.1, -0.05) is 12.8 Å². The summed E-state index contributed by atoms with van der Waals surface area (Å²) in [6, 6.07) is 0.925. The van der Waals surface area contributed by atoms with Crippen molar-refractivity contribution < 1.29 is 13.3 Å². The van der Waals surface area contributed by atoms with Crippen LogP contribution in [0.25, 0.3) is 0 Å². The predicted octanol–water partition coefficient (Wildman–Crippen LogP) is 4.00. The molecular formula is C17H38N2O3Si. The van der Waals surface area contributed by atoms with Gasteiger partial charge in [-0.3, -0.25) is 0 Å². The van der Waals surface area contributed by atoms with E-state index in [1.165, 1.54) is 19.3 Å². The molecule has 138 valence electrons. The number of nitrogens with one attached hydrogen (secondary N) is 2. The standard InChI is InChI=1S/C17H38N2O3Si/c1-5-20-23(21-6-2,22-7-3)16-11-9-8-10-14-19-15-12-13-17(4)18/h18-19H,5-16H2,1-4H3. The minimum Gasteiger partial charge on any atom is -0.374 e. The summed E-state index contributed by atoms with van der Waals surface area (Å²) in [5.41, 5.74) is 0.775. The van der Waals surface area contributed by atoms with Crippen LogP contribution in [0.1, 0.15) is 66.2 Å². The van der Waals surface area contributed by atoms with Crippen LogP contribution in [0.15, 0.2) is 0 Å². The van der Waals surface area contributed by atoms with Gasteiger partial charge in [0.15, 0.2) is 0 Å². The second-order valence-corrected chi connectivity index (χ2v) is 8.51. The first-order chi connectivity index (χ1) is 11.1. The molecule has 0 unspecified atom stereocenters. The molecular weight excluding hydrogens is 308 g/mol. The molecule has 0 aromatic heterocycles. The zero-order valence-electron chi connectivity index (χ0n) is 15.7. The van der Waals surface area contributed by atoms with Gasteiger partial charge in [0.25, 0.3) is 0 Å². The summed E-state index contributed by atoms with van der Waals surface area (Å²) in [5, 5.41) is 10.8. The van der Waals surface area contributed by atoms with Crippen molar-refractivity contribution in [1.82, 2.24) is 5.32 Å². The highest BCUT2D eigenvalue weighted by Gasteiger charge is 2.39. The molecule has 2 N–H and O–H groups in total. The van der Waals surface area contributed by atoms with Gasteiger partial charge >= 0.3 is 8.80 Å². The molecule has 0 saturated heterocycles. The third-order valence-electron chi connectivity index (χ3n) is 3.58. The summed E-state index contributed by atoms with van der Waals surface area (Å²) in [4.78, 5) is 0. The first kappa shape index (κ1) is 22.7. The minimum atomic E-state index is -2.43. The van der Waals surface area contributed by atoms with Gasteiger partial charge in [-0.05, 0) is 66.5 Å². The van der Waals surface area contributed by atoms with E-state index in [4.69, 9.17) is 18.7 Å². The Hall–Kier alpha value is -0.273. The molecule has 0 radical (unpaired) electrons. The summed E-state index contributed by atoms with van der Waals surface area (Å²) < 4.78 is 17.6. The maximum absolute atomic E-state index is 7.37. The van der Waals surface area contributed by atoms with Crippen molar-refractivity contribution in [3.8, 4) is 0 Å². The van der Waals surface area contributed by atoms with E-state index in [0.29, 0.717) is 19.8 Å².